The normalized spacial score (nSPS) is 11.2. The Bertz CT molecular complexity index is 1180. The molecule has 8 heteroatoms. The first-order chi connectivity index (χ1) is 14.0. The minimum Gasteiger partial charge on any atom is -0.278 e. The summed E-state index contributed by atoms with van der Waals surface area (Å²) >= 11 is 7.73. The van der Waals surface area contributed by atoms with Crippen LogP contribution in [0.15, 0.2) is 42.7 Å². The molecule has 0 saturated heterocycles. The van der Waals surface area contributed by atoms with Gasteiger partial charge in [0.25, 0.3) is 5.91 Å². The molecule has 4 aromatic rings. The number of carbonyl (C=O) groups excluding carboxylic acids is 1. The van der Waals surface area contributed by atoms with E-state index in [-0.39, 0.29) is 5.91 Å². The van der Waals surface area contributed by atoms with E-state index in [1.165, 1.54) is 11.3 Å². The highest BCUT2D eigenvalue weighted by Gasteiger charge is 2.25. The maximum atomic E-state index is 13.4. The van der Waals surface area contributed by atoms with E-state index in [9.17, 15) is 4.79 Å². The van der Waals surface area contributed by atoms with Gasteiger partial charge in [-0.3, -0.25) is 19.4 Å². The third-order valence-electron chi connectivity index (χ3n) is 4.78. The van der Waals surface area contributed by atoms with Gasteiger partial charge in [-0.05, 0) is 56.2 Å². The fourth-order valence-corrected chi connectivity index (χ4v) is 4.35. The molecule has 3 aromatic heterocycles. The number of aromatic nitrogens is 4. The molecular formula is C21H20ClN5OS. The number of fused-ring (bicyclic) bond motifs is 1. The van der Waals surface area contributed by atoms with Gasteiger partial charge in [-0.15, -0.1) is 0 Å². The Kier molecular flexibility index (Phi) is 5.34. The number of rotatable bonds is 5. The molecule has 0 unspecified atom stereocenters. The number of pyridine rings is 1. The summed E-state index contributed by atoms with van der Waals surface area (Å²) in [6, 6.07) is 9.42. The van der Waals surface area contributed by atoms with Gasteiger partial charge in [0.2, 0.25) is 0 Å². The number of hydrogen-bond acceptors (Lipinski definition) is 5. The third-order valence-corrected chi connectivity index (χ3v) is 6.23. The van der Waals surface area contributed by atoms with Crippen LogP contribution in [0.2, 0.25) is 5.02 Å². The van der Waals surface area contributed by atoms with Crippen LogP contribution in [0.1, 0.15) is 34.2 Å². The maximum absolute atomic E-state index is 13.4. The van der Waals surface area contributed by atoms with Crippen molar-refractivity contribution in [1.82, 2.24) is 19.7 Å². The first-order valence-electron chi connectivity index (χ1n) is 9.28. The Morgan fingerprint density at radius 2 is 2.10 bits per heavy atom. The van der Waals surface area contributed by atoms with Crippen molar-refractivity contribution in [3.63, 3.8) is 0 Å². The molecule has 0 aliphatic rings. The van der Waals surface area contributed by atoms with Gasteiger partial charge in [-0.2, -0.15) is 5.10 Å². The average molecular weight is 426 g/mol. The summed E-state index contributed by atoms with van der Waals surface area (Å²) in [6.07, 6.45) is 3.47. The average Bonchev–Trinajstić information content (AvgIpc) is 3.33. The number of thiazole rings is 1. The van der Waals surface area contributed by atoms with Crippen LogP contribution in [0.3, 0.4) is 0 Å². The number of anilines is 1. The summed E-state index contributed by atoms with van der Waals surface area (Å²) in [5.41, 5.74) is 4.00. The molecular weight excluding hydrogens is 406 g/mol. The predicted molar refractivity (Wildman–Crippen MR) is 117 cm³/mol. The molecule has 4 rings (SSSR count). The molecule has 0 aliphatic carbocycles. The summed E-state index contributed by atoms with van der Waals surface area (Å²) in [6.45, 7) is 6.95. The molecule has 0 radical (unpaired) electrons. The Labute approximate surface area is 177 Å². The van der Waals surface area contributed by atoms with E-state index in [0.717, 1.165) is 27.0 Å². The Morgan fingerprint density at radius 3 is 2.79 bits per heavy atom. The number of benzene rings is 1. The lowest BCUT2D eigenvalue weighted by atomic mass is 10.2. The van der Waals surface area contributed by atoms with E-state index in [2.05, 4.69) is 10.1 Å². The topological polar surface area (TPSA) is 63.9 Å². The van der Waals surface area contributed by atoms with Crippen LogP contribution in [0.4, 0.5) is 5.13 Å². The Hall–Kier alpha value is -2.77. The fraction of sp³-hybridized carbons (Fsp3) is 0.238. The SMILES string of the molecule is CCn1nc(C(=O)N(Cc2cccnc2)c2nc3c(C)c(Cl)ccc3s2)cc1C. The zero-order valence-electron chi connectivity index (χ0n) is 16.4. The molecule has 6 nitrogen and oxygen atoms in total. The minimum atomic E-state index is -0.188. The Morgan fingerprint density at radius 1 is 1.28 bits per heavy atom. The van der Waals surface area contributed by atoms with E-state index in [1.54, 1.807) is 17.3 Å². The minimum absolute atomic E-state index is 0.188. The zero-order valence-corrected chi connectivity index (χ0v) is 18.0. The molecule has 0 aliphatic heterocycles. The number of nitrogens with zero attached hydrogens (tertiary/aromatic N) is 5. The molecule has 0 atom stereocenters. The van der Waals surface area contributed by atoms with E-state index in [4.69, 9.17) is 16.6 Å². The summed E-state index contributed by atoms with van der Waals surface area (Å²) in [5.74, 6) is -0.188. The Balaban J connectivity index is 1.79. The smallest absolute Gasteiger partial charge is 0.278 e. The lowest BCUT2D eigenvalue weighted by Crippen LogP contribution is -2.30. The number of hydrogen-bond donors (Lipinski definition) is 0. The molecule has 0 spiro atoms. The van der Waals surface area contributed by atoms with Gasteiger partial charge in [0, 0.05) is 29.7 Å². The largest absolute Gasteiger partial charge is 0.280 e. The van der Waals surface area contributed by atoms with Crippen molar-refractivity contribution in [2.45, 2.75) is 33.9 Å². The van der Waals surface area contributed by atoms with Crippen LogP contribution in [-0.2, 0) is 13.1 Å². The highest BCUT2D eigenvalue weighted by Crippen LogP contribution is 2.34. The number of carbonyl (C=O) groups is 1. The van der Waals surface area contributed by atoms with Crippen LogP contribution >= 0.6 is 22.9 Å². The molecule has 1 aromatic carbocycles. The van der Waals surface area contributed by atoms with Crippen LogP contribution in [-0.4, -0.2) is 25.7 Å². The second-order valence-corrected chi connectivity index (χ2v) is 8.17. The van der Waals surface area contributed by atoms with Crippen molar-refractivity contribution < 1.29 is 4.79 Å². The summed E-state index contributed by atoms with van der Waals surface area (Å²) in [5, 5.41) is 5.74. The highest BCUT2D eigenvalue weighted by molar-refractivity contribution is 7.22. The first-order valence-corrected chi connectivity index (χ1v) is 10.5. The van der Waals surface area contributed by atoms with Gasteiger partial charge in [0.1, 0.15) is 0 Å². The summed E-state index contributed by atoms with van der Waals surface area (Å²) in [7, 11) is 0. The van der Waals surface area contributed by atoms with Crippen molar-refractivity contribution in [2.75, 3.05) is 4.90 Å². The van der Waals surface area contributed by atoms with E-state index in [1.807, 2.05) is 55.8 Å². The van der Waals surface area contributed by atoms with Gasteiger partial charge in [0.05, 0.1) is 16.8 Å². The van der Waals surface area contributed by atoms with Crippen LogP contribution < -0.4 is 4.90 Å². The zero-order chi connectivity index (χ0) is 20.5. The molecule has 0 N–H and O–H groups in total. The van der Waals surface area contributed by atoms with Gasteiger partial charge in [-0.1, -0.05) is 29.0 Å². The third kappa shape index (κ3) is 3.75. The van der Waals surface area contributed by atoms with Crippen LogP contribution in [0.5, 0.6) is 0 Å². The lowest BCUT2D eigenvalue weighted by molar-refractivity contribution is 0.0979. The van der Waals surface area contributed by atoms with Gasteiger partial charge in [0.15, 0.2) is 10.8 Å². The molecule has 148 valence electrons. The summed E-state index contributed by atoms with van der Waals surface area (Å²) in [4.78, 5) is 24.0. The quantitative estimate of drug-likeness (QED) is 0.450. The number of halogens is 1. The van der Waals surface area contributed by atoms with Crippen LogP contribution in [0, 0.1) is 13.8 Å². The van der Waals surface area contributed by atoms with Crippen molar-refractivity contribution in [3.05, 3.63) is 70.3 Å². The van der Waals surface area contributed by atoms with Crippen molar-refractivity contribution in [2.24, 2.45) is 0 Å². The van der Waals surface area contributed by atoms with E-state index < -0.39 is 0 Å². The standard InChI is InChI=1S/C21H20ClN5OS/c1-4-27-13(2)10-17(25-27)20(28)26(12-15-6-5-9-23-11-15)21-24-19-14(3)16(22)7-8-18(19)29-21/h5-11H,4,12H2,1-3H3. The number of aryl methyl sites for hydroxylation is 3. The van der Waals surface area contributed by atoms with E-state index in [0.29, 0.717) is 28.9 Å². The van der Waals surface area contributed by atoms with Gasteiger partial charge in [-0.25, -0.2) is 4.98 Å². The first kappa shape index (κ1) is 19.5. The summed E-state index contributed by atoms with van der Waals surface area (Å²) < 4.78 is 2.80. The molecule has 29 heavy (non-hydrogen) atoms. The van der Waals surface area contributed by atoms with Crippen molar-refractivity contribution >= 4 is 44.2 Å². The number of amides is 1. The predicted octanol–water partition coefficient (Wildman–Crippen LogP) is 5.02. The highest BCUT2D eigenvalue weighted by atomic mass is 35.5. The second-order valence-electron chi connectivity index (χ2n) is 6.75. The van der Waals surface area contributed by atoms with Gasteiger partial charge < -0.3 is 0 Å². The monoisotopic (exact) mass is 425 g/mol. The second kappa shape index (κ2) is 7.93. The van der Waals surface area contributed by atoms with Gasteiger partial charge >= 0.3 is 0 Å². The van der Waals surface area contributed by atoms with Crippen molar-refractivity contribution in [3.8, 4) is 0 Å². The maximum Gasteiger partial charge on any atom is 0.280 e. The molecule has 0 fully saturated rings. The lowest BCUT2D eigenvalue weighted by Gasteiger charge is -2.18. The molecule has 1 amide bonds. The fourth-order valence-electron chi connectivity index (χ4n) is 3.18. The molecule has 3 heterocycles. The molecule has 0 saturated carbocycles. The molecule has 0 bridgehead atoms. The van der Waals surface area contributed by atoms with Crippen LogP contribution in [0.25, 0.3) is 10.2 Å². The van der Waals surface area contributed by atoms with E-state index >= 15 is 0 Å². The van der Waals surface area contributed by atoms with Crippen molar-refractivity contribution in [1.29, 1.82) is 0 Å².